The Labute approximate surface area is 253 Å². The fourth-order valence-corrected chi connectivity index (χ4v) is 9.21. The molecule has 4 unspecified atom stereocenters. The molecule has 40 heavy (non-hydrogen) atoms. The first-order valence-corrected chi connectivity index (χ1v) is 19.1. The van der Waals surface area contributed by atoms with Crippen LogP contribution in [0.3, 0.4) is 0 Å². The van der Waals surface area contributed by atoms with E-state index in [4.69, 9.17) is 0 Å². The highest BCUT2D eigenvalue weighted by molar-refractivity contribution is 4.89. The highest BCUT2D eigenvalue weighted by Crippen LogP contribution is 2.41. The van der Waals surface area contributed by atoms with Crippen molar-refractivity contribution in [3.05, 3.63) is 0 Å². The zero-order valence-electron chi connectivity index (χ0n) is 28.7. The summed E-state index contributed by atoms with van der Waals surface area (Å²) >= 11 is 0. The summed E-state index contributed by atoms with van der Waals surface area (Å²) < 4.78 is 0. The molecule has 0 aromatic carbocycles. The van der Waals surface area contributed by atoms with E-state index in [2.05, 4.69) is 46.4 Å². The summed E-state index contributed by atoms with van der Waals surface area (Å²) in [5.74, 6) is 1.88. The maximum Gasteiger partial charge on any atom is 0.0101 e. The van der Waals surface area contributed by atoms with Crippen LogP contribution in [-0.2, 0) is 0 Å². The van der Waals surface area contributed by atoms with E-state index in [0.29, 0.717) is 10.8 Å². The maximum atomic E-state index is 3.29. The molecule has 0 N–H and O–H groups in total. The van der Waals surface area contributed by atoms with Gasteiger partial charge in [-0.25, -0.2) is 0 Å². The van der Waals surface area contributed by atoms with Crippen molar-refractivity contribution in [2.24, 2.45) is 22.7 Å². The number of hydrogen-bond acceptors (Lipinski definition) is 1. The quantitative estimate of drug-likeness (QED) is 0.301. The van der Waals surface area contributed by atoms with Gasteiger partial charge < -0.3 is 0 Å². The van der Waals surface area contributed by atoms with Gasteiger partial charge in [-0.15, -0.1) is 0 Å². The van der Waals surface area contributed by atoms with Crippen LogP contribution in [-0.4, -0.2) is 23.0 Å². The van der Waals surface area contributed by atoms with Crippen molar-refractivity contribution in [2.75, 3.05) is 0 Å². The highest BCUT2D eigenvalue weighted by Gasteiger charge is 2.35. The van der Waals surface area contributed by atoms with Crippen LogP contribution in [0.1, 0.15) is 208 Å². The van der Waals surface area contributed by atoms with Crippen molar-refractivity contribution in [3.63, 3.8) is 0 Å². The van der Waals surface area contributed by atoms with Gasteiger partial charge in [-0.1, -0.05) is 144 Å². The predicted octanol–water partition coefficient (Wildman–Crippen LogP) is 12.9. The van der Waals surface area contributed by atoms with Crippen LogP contribution in [0.15, 0.2) is 0 Å². The Morgan fingerprint density at radius 2 is 0.625 bits per heavy atom. The van der Waals surface area contributed by atoms with Crippen LogP contribution in [0.25, 0.3) is 0 Å². The van der Waals surface area contributed by atoms with Gasteiger partial charge in [0.15, 0.2) is 0 Å². The Morgan fingerprint density at radius 3 is 1.02 bits per heavy atom. The lowest BCUT2D eigenvalue weighted by Gasteiger charge is -2.45. The molecule has 4 atom stereocenters. The SMILES string of the molecule is CCC(C)(C)C1CCCCCC(N(C2CCCCCCCC2)C2CCCCC(C(C)(C)CC)CCC2)CCCC1. The van der Waals surface area contributed by atoms with Crippen molar-refractivity contribution >= 4 is 0 Å². The molecule has 0 spiro atoms. The number of rotatable bonds is 7. The van der Waals surface area contributed by atoms with Gasteiger partial charge in [0.2, 0.25) is 0 Å². The summed E-state index contributed by atoms with van der Waals surface area (Å²) in [6.45, 7) is 15.1. The molecule has 3 fully saturated rings. The van der Waals surface area contributed by atoms with E-state index in [-0.39, 0.29) is 0 Å². The summed E-state index contributed by atoms with van der Waals surface area (Å²) in [5, 5.41) is 0. The second-order valence-corrected chi connectivity index (χ2v) is 16.3. The van der Waals surface area contributed by atoms with Gasteiger partial charge in [0, 0.05) is 18.1 Å². The molecular weight excluding hydrogens is 482 g/mol. The van der Waals surface area contributed by atoms with E-state index in [0.717, 1.165) is 30.0 Å². The van der Waals surface area contributed by atoms with Crippen LogP contribution in [0.4, 0.5) is 0 Å². The van der Waals surface area contributed by atoms with Crippen molar-refractivity contribution in [2.45, 2.75) is 227 Å². The molecule has 3 rings (SSSR count). The lowest BCUT2D eigenvalue weighted by molar-refractivity contribution is 0.0420. The lowest BCUT2D eigenvalue weighted by Crippen LogP contribution is -2.50. The van der Waals surface area contributed by atoms with E-state index in [1.54, 1.807) is 0 Å². The fraction of sp³-hybridized carbons (Fsp3) is 1.00. The van der Waals surface area contributed by atoms with E-state index in [9.17, 15) is 0 Å². The third kappa shape index (κ3) is 10.9. The summed E-state index contributed by atoms with van der Waals surface area (Å²) in [7, 11) is 0. The van der Waals surface area contributed by atoms with Crippen LogP contribution in [0.5, 0.6) is 0 Å². The molecule has 0 aliphatic heterocycles. The lowest BCUT2D eigenvalue weighted by atomic mass is 9.72. The molecular formula is C39H75N. The highest BCUT2D eigenvalue weighted by atomic mass is 15.2. The van der Waals surface area contributed by atoms with Gasteiger partial charge in [0.05, 0.1) is 0 Å². The Morgan fingerprint density at radius 1 is 0.375 bits per heavy atom. The molecule has 3 aliphatic rings. The smallest absolute Gasteiger partial charge is 0.0101 e. The Bertz CT molecular complexity index is 639. The molecule has 3 saturated carbocycles. The van der Waals surface area contributed by atoms with Gasteiger partial charge in [0.1, 0.15) is 0 Å². The van der Waals surface area contributed by atoms with Crippen molar-refractivity contribution in [1.82, 2.24) is 4.90 Å². The average Bonchev–Trinajstić information content (AvgIpc) is 3.13. The van der Waals surface area contributed by atoms with Gasteiger partial charge >= 0.3 is 0 Å². The van der Waals surface area contributed by atoms with Crippen LogP contribution >= 0.6 is 0 Å². The topological polar surface area (TPSA) is 3.24 Å². The summed E-state index contributed by atoms with van der Waals surface area (Å²) in [5.41, 5.74) is 1.05. The third-order valence-corrected chi connectivity index (χ3v) is 13.0. The molecule has 0 bridgehead atoms. The van der Waals surface area contributed by atoms with Crippen molar-refractivity contribution in [1.29, 1.82) is 0 Å². The fourth-order valence-electron chi connectivity index (χ4n) is 9.21. The Hall–Kier alpha value is -0.0400. The van der Waals surface area contributed by atoms with Crippen LogP contribution in [0, 0.1) is 22.7 Å². The van der Waals surface area contributed by atoms with E-state index < -0.39 is 0 Å². The Kier molecular flexibility index (Phi) is 15.4. The minimum atomic E-state index is 0.524. The molecule has 1 nitrogen and oxygen atoms in total. The van der Waals surface area contributed by atoms with Crippen molar-refractivity contribution < 1.29 is 0 Å². The normalized spacial score (nSPS) is 30.7. The van der Waals surface area contributed by atoms with Gasteiger partial charge in [-0.2, -0.15) is 0 Å². The number of nitrogens with zero attached hydrogens (tertiary/aromatic N) is 1. The number of hydrogen-bond donors (Lipinski definition) is 0. The third-order valence-electron chi connectivity index (χ3n) is 13.0. The second-order valence-electron chi connectivity index (χ2n) is 16.3. The van der Waals surface area contributed by atoms with E-state index in [1.165, 1.54) is 167 Å². The molecule has 0 amide bonds. The van der Waals surface area contributed by atoms with Gasteiger partial charge in [-0.05, 0) is 86.9 Å². The van der Waals surface area contributed by atoms with Gasteiger partial charge in [-0.3, -0.25) is 4.90 Å². The molecule has 1 heteroatoms. The monoisotopic (exact) mass is 558 g/mol. The zero-order valence-corrected chi connectivity index (χ0v) is 28.7. The molecule has 0 radical (unpaired) electrons. The van der Waals surface area contributed by atoms with Crippen LogP contribution < -0.4 is 0 Å². The van der Waals surface area contributed by atoms with E-state index >= 15 is 0 Å². The molecule has 0 saturated heterocycles. The Balaban J connectivity index is 1.77. The average molecular weight is 558 g/mol. The molecule has 0 heterocycles. The first-order chi connectivity index (χ1) is 19.3. The molecule has 0 aromatic rings. The minimum absolute atomic E-state index is 0.524. The minimum Gasteiger partial charge on any atom is -0.294 e. The standard InChI is InChI=1S/C39H75N/c1-7-38(3,4)33-23-14-13-17-29-36(30-20-18-24-33)40(35-27-15-11-9-10-12-16-28-35)37-31-21-19-25-34(26-22-32-37)39(5,6)8-2/h33-37H,7-32H2,1-6H3. The van der Waals surface area contributed by atoms with E-state index in [1.807, 2.05) is 0 Å². The molecule has 3 aliphatic carbocycles. The maximum absolute atomic E-state index is 3.29. The second kappa shape index (κ2) is 17.9. The first kappa shape index (κ1) is 34.5. The first-order valence-electron chi connectivity index (χ1n) is 19.1. The van der Waals surface area contributed by atoms with Crippen molar-refractivity contribution in [3.8, 4) is 0 Å². The largest absolute Gasteiger partial charge is 0.294 e. The summed E-state index contributed by atoms with van der Waals surface area (Å²) in [6, 6.07) is 2.58. The zero-order chi connectivity index (χ0) is 28.8. The van der Waals surface area contributed by atoms with Gasteiger partial charge in [0.25, 0.3) is 0 Å². The molecule has 0 aromatic heterocycles. The summed E-state index contributed by atoms with van der Waals surface area (Å²) in [4.78, 5) is 3.29. The summed E-state index contributed by atoms with van der Waals surface area (Å²) in [6.07, 6.45) is 38.3. The predicted molar refractivity (Wildman–Crippen MR) is 179 cm³/mol. The molecule has 236 valence electrons. The van der Waals surface area contributed by atoms with Crippen LogP contribution in [0.2, 0.25) is 0 Å².